The average molecular weight is 571 g/mol. The maximum Gasteiger partial charge on any atom is 0.156 e. The summed E-state index contributed by atoms with van der Waals surface area (Å²) in [7, 11) is 0. The van der Waals surface area contributed by atoms with E-state index in [1.165, 1.54) is 49.5 Å². The molecule has 4 atom stereocenters. The lowest BCUT2D eigenvalue weighted by Gasteiger charge is -2.42. The van der Waals surface area contributed by atoms with Gasteiger partial charge in [-0.2, -0.15) is 0 Å². The van der Waals surface area contributed by atoms with Crippen molar-refractivity contribution in [3.8, 4) is 0 Å². The third-order valence-electron chi connectivity index (χ3n) is 9.61. The molecule has 4 aromatic carbocycles. The highest BCUT2D eigenvalue weighted by Crippen LogP contribution is 2.45. The molecule has 2 aliphatic carbocycles. The third-order valence-corrected chi connectivity index (χ3v) is 9.61. The number of nitrogens with zero attached hydrogens (tertiary/aromatic N) is 2. The van der Waals surface area contributed by atoms with E-state index in [1.807, 2.05) is 0 Å². The molecule has 2 N–H and O–H groups in total. The van der Waals surface area contributed by atoms with E-state index >= 15 is 0 Å². The van der Waals surface area contributed by atoms with Crippen LogP contribution in [-0.4, -0.2) is 16.9 Å². The number of hydrogen-bond acceptors (Lipinski definition) is 3. The Kier molecular flexibility index (Phi) is 5.95. The van der Waals surface area contributed by atoms with E-state index in [0.29, 0.717) is 0 Å². The van der Waals surface area contributed by atoms with E-state index in [4.69, 9.17) is 0 Å². The fourth-order valence-corrected chi connectivity index (χ4v) is 7.64. The first-order valence-electron chi connectivity index (χ1n) is 15.8. The zero-order chi connectivity index (χ0) is 29.0. The molecule has 0 amide bonds. The van der Waals surface area contributed by atoms with Gasteiger partial charge < -0.3 is 14.8 Å². The van der Waals surface area contributed by atoms with Gasteiger partial charge in [-0.05, 0) is 59.9 Å². The Hall–Kier alpha value is -5.06. The molecule has 3 heterocycles. The molecule has 0 saturated carbocycles. The molecule has 0 spiro atoms. The van der Waals surface area contributed by atoms with Crippen LogP contribution in [0.1, 0.15) is 41.5 Å². The van der Waals surface area contributed by atoms with Crippen LogP contribution in [0.3, 0.4) is 0 Å². The first kappa shape index (κ1) is 25.4. The molecular weight excluding hydrogens is 536 g/mol. The maximum absolute atomic E-state index is 3.99. The van der Waals surface area contributed by atoms with Crippen LogP contribution in [0.4, 0.5) is 5.69 Å². The monoisotopic (exact) mass is 570 g/mol. The summed E-state index contributed by atoms with van der Waals surface area (Å²) >= 11 is 0. The van der Waals surface area contributed by atoms with E-state index in [0.717, 1.165) is 18.5 Å². The summed E-state index contributed by atoms with van der Waals surface area (Å²) in [4.78, 5) is 2.58. The SMILES string of the molecule is C1=CC(n2c3c(c4ccccc42)=CC2c4ccccc4N(C4NC(c5ccccc5)=CC(c5ccccc5)N4)C2C=3)=CCC1. The first-order valence-corrected chi connectivity index (χ1v) is 15.8. The molecule has 2 aliphatic heterocycles. The van der Waals surface area contributed by atoms with Gasteiger partial charge in [0.15, 0.2) is 6.29 Å². The van der Waals surface area contributed by atoms with Crippen LogP contribution in [0.15, 0.2) is 133 Å². The largest absolute Gasteiger partial charge is 0.353 e. The first-order chi connectivity index (χ1) is 21.8. The number of benzene rings is 4. The predicted octanol–water partition coefficient (Wildman–Crippen LogP) is 6.64. The van der Waals surface area contributed by atoms with Crippen LogP contribution in [-0.2, 0) is 0 Å². The zero-order valence-electron chi connectivity index (χ0n) is 24.5. The van der Waals surface area contributed by atoms with Gasteiger partial charge in [-0.25, -0.2) is 0 Å². The van der Waals surface area contributed by atoms with Crippen molar-refractivity contribution in [2.24, 2.45) is 0 Å². The van der Waals surface area contributed by atoms with Gasteiger partial charge in [0.2, 0.25) is 0 Å². The van der Waals surface area contributed by atoms with Crippen molar-refractivity contribution in [1.29, 1.82) is 0 Å². The molecule has 4 heteroatoms. The van der Waals surface area contributed by atoms with Gasteiger partial charge in [0, 0.05) is 33.6 Å². The zero-order valence-corrected chi connectivity index (χ0v) is 24.5. The Morgan fingerprint density at radius 2 is 1.48 bits per heavy atom. The maximum atomic E-state index is 3.99. The van der Waals surface area contributed by atoms with Crippen molar-refractivity contribution in [3.63, 3.8) is 0 Å². The number of para-hydroxylation sites is 2. The summed E-state index contributed by atoms with van der Waals surface area (Å²) in [6.07, 6.45) is 16.5. The lowest BCUT2D eigenvalue weighted by Crippen LogP contribution is -2.60. The number of anilines is 1. The highest BCUT2D eigenvalue weighted by molar-refractivity contribution is 5.89. The van der Waals surface area contributed by atoms with Gasteiger partial charge >= 0.3 is 0 Å². The van der Waals surface area contributed by atoms with Crippen molar-refractivity contribution in [2.45, 2.75) is 37.1 Å². The number of nitrogens with one attached hydrogen (secondary N) is 2. The Balaban J connectivity index is 1.22. The van der Waals surface area contributed by atoms with Crippen molar-refractivity contribution in [3.05, 3.63) is 161 Å². The molecule has 0 bridgehead atoms. The van der Waals surface area contributed by atoms with E-state index in [9.17, 15) is 0 Å². The van der Waals surface area contributed by atoms with Crippen molar-refractivity contribution < 1.29 is 0 Å². The van der Waals surface area contributed by atoms with E-state index in [1.54, 1.807) is 0 Å². The topological polar surface area (TPSA) is 32.2 Å². The number of hydrogen-bond donors (Lipinski definition) is 2. The van der Waals surface area contributed by atoms with Crippen LogP contribution < -0.4 is 26.1 Å². The highest BCUT2D eigenvalue weighted by atomic mass is 15.4. The number of aromatic nitrogens is 1. The highest BCUT2D eigenvalue weighted by Gasteiger charge is 2.42. The number of rotatable bonds is 4. The molecule has 44 heavy (non-hydrogen) atoms. The molecule has 4 unspecified atom stereocenters. The molecule has 214 valence electrons. The lowest BCUT2D eigenvalue weighted by molar-refractivity contribution is 0.399. The smallest absolute Gasteiger partial charge is 0.156 e. The van der Waals surface area contributed by atoms with Crippen LogP contribution in [0.25, 0.3) is 34.4 Å². The second-order valence-corrected chi connectivity index (χ2v) is 12.1. The summed E-state index contributed by atoms with van der Waals surface area (Å²) in [5.74, 6) is 0.249. The van der Waals surface area contributed by atoms with Crippen molar-refractivity contribution in [2.75, 3.05) is 4.90 Å². The Bertz CT molecular complexity index is 2100. The second-order valence-electron chi connectivity index (χ2n) is 12.1. The summed E-state index contributed by atoms with van der Waals surface area (Å²) in [5, 5.41) is 11.9. The Labute approximate surface area is 257 Å². The Morgan fingerprint density at radius 3 is 2.32 bits per heavy atom. The van der Waals surface area contributed by atoms with E-state index in [-0.39, 0.29) is 24.3 Å². The molecule has 4 aliphatic rings. The van der Waals surface area contributed by atoms with Gasteiger partial charge in [-0.3, -0.25) is 5.32 Å². The molecule has 1 aromatic heterocycles. The van der Waals surface area contributed by atoms with Crippen LogP contribution >= 0.6 is 0 Å². The quantitative estimate of drug-likeness (QED) is 0.254. The summed E-state index contributed by atoms with van der Waals surface area (Å²) in [6, 6.07) is 39.6. The minimum absolute atomic E-state index is 0.0657. The minimum Gasteiger partial charge on any atom is -0.353 e. The molecule has 5 aromatic rings. The molecule has 9 rings (SSSR count). The van der Waals surface area contributed by atoms with Gasteiger partial charge in [0.25, 0.3) is 0 Å². The van der Waals surface area contributed by atoms with Gasteiger partial charge in [-0.15, -0.1) is 0 Å². The second kappa shape index (κ2) is 10.3. The van der Waals surface area contributed by atoms with Crippen molar-refractivity contribution >= 4 is 40.1 Å². The molecule has 0 radical (unpaired) electrons. The van der Waals surface area contributed by atoms with Crippen molar-refractivity contribution in [1.82, 2.24) is 15.2 Å². The predicted molar refractivity (Wildman–Crippen MR) is 182 cm³/mol. The number of fused-ring (bicyclic) bond motifs is 6. The molecule has 0 saturated heterocycles. The fourth-order valence-electron chi connectivity index (χ4n) is 7.64. The van der Waals surface area contributed by atoms with Crippen LogP contribution in [0, 0.1) is 0 Å². The summed E-state index contributed by atoms with van der Waals surface area (Å²) < 4.78 is 2.48. The Morgan fingerprint density at radius 1 is 0.705 bits per heavy atom. The lowest BCUT2D eigenvalue weighted by atomic mass is 9.90. The molecule has 0 fully saturated rings. The van der Waals surface area contributed by atoms with Crippen LogP contribution in [0.2, 0.25) is 0 Å². The standard InChI is InChI=1S/C40H34N4/c1-4-14-27(15-5-1)34-25-35(28-16-6-2-7-17-28)42-40(41-34)44-37-23-13-11-21-31(37)33-24-32-30-20-10-12-22-36(30)43(38(32)26-39(33)44)29-18-8-3-9-19-29/h1-2,4-8,10-26,33-34,39-42H,3,9H2. The van der Waals surface area contributed by atoms with Gasteiger partial charge in [0.05, 0.1) is 22.9 Å². The molecule has 4 nitrogen and oxygen atoms in total. The van der Waals surface area contributed by atoms with Gasteiger partial charge in [0.1, 0.15) is 0 Å². The fraction of sp³-hybridized carbons (Fsp3) is 0.150. The summed E-state index contributed by atoms with van der Waals surface area (Å²) in [6.45, 7) is 0. The normalized spacial score (nSPS) is 23.4. The molecular formula is C40H34N4. The average Bonchev–Trinajstić information content (AvgIpc) is 3.60. The number of allylic oxidation sites excluding steroid dienone is 4. The third kappa shape index (κ3) is 4.02. The van der Waals surface area contributed by atoms with E-state index in [2.05, 4.69) is 166 Å². The summed E-state index contributed by atoms with van der Waals surface area (Å²) in [5.41, 5.74) is 8.80. The van der Waals surface area contributed by atoms with Crippen LogP contribution in [0.5, 0.6) is 0 Å². The van der Waals surface area contributed by atoms with E-state index < -0.39 is 0 Å². The minimum atomic E-state index is -0.116. The van der Waals surface area contributed by atoms with Gasteiger partial charge in [-0.1, -0.05) is 115 Å².